The standard InChI is InChI=1S/C24H24N4O7S5/c1-3-13-10-15-22(37-13)26(8-6-17(30)31)16(38-15)5-4-14-20(34)27(9-7-25-12(2)29)23(39-14)19-21(35)28(11-18(32)33)24(36)40-19/h4-5,10H,3,6-9,11H2,1-2H3,(H,25,29)(H,30,31)(H,32,33)/b14-4?,16-5?,23-19-. The number of thiophene rings is 1. The number of aromatic nitrogens is 1. The van der Waals surface area contributed by atoms with E-state index < -0.39 is 24.4 Å². The van der Waals surface area contributed by atoms with Gasteiger partial charge in [-0.1, -0.05) is 42.7 Å². The summed E-state index contributed by atoms with van der Waals surface area (Å²) in [5.74, 6) is -3.00. The van der Waals surface area contributed by atoms with Gasteiger partial charge in [-0.15, -0.1) is 22.7 Å². The number of thioether (sulfide) groups is 2. The molecule has 0 aromatic carbocycles. The third-order valence-electron chi connectivity index (χ3n) is 5.69. The molecule has 0 aliphatic carbocycles. The molecule has 0 atom stereocenters. The zero-order valence-electron chi connectivity index (χ0n) is 21.3. The van der Waals surface area contributed by atoms with Gasteiger partial charge in [-0.3, -0.25) is 33.4 Å². The minimum atomic E-state index is -1.21. The number of carbonyl (C=O) groups excluding carboxylic acids is 2. The van der Waals surface area contributed by atoms with E-state index in [0.717, 1.165) is 49.3 Å². The molecule has 2 aliphatic rings. The fraction of sp³-hybridized carbons (Fsp3) is 0.333. The summed E-state index contributed by atoms with van der Waals surface area (Å²) >= 11 is 10.3. The molecule has 2 aromatic heterocycles. The van der Waals surface area contributed by atoms with Gasteiger partial charge >= 0.3 is 11.9 Å². The number of allylic oxidation sites excluding steroid dienone is 1. The van der Waals surface area contributed by atoms with Gasteiger partial charge in [0.05, 0.1) is 16.0 Å². The molecule has 2 aromatic rings. The van der Waals surface area contributed by atoms with Gasteiger partial charge in [0.1, 0.15) is 25.4 Å². The number of hydrogen-bond donors (Lipinski definition) is 3. The van der Waals surface area contributed by atoms with E-state index in [2.05, 4.69) is 18.3 Å². The van der Waals surface area contributed by atoms with Gasteiger partial charge in [0.25, 0.3) is 11.5 Å². The molecule has 2 amide bonds. The van der Waals surface area contributed by atoms with E-state index in [4.69, 9.17) is 17.3 Å². The molecule has 16 heteroatoms. The lowest BCUT2D eigenvalue weighted by atomic mass is 10.3. The number of thiazole rings is 1. The van der Waals surface area contributed by atoms with Crippen LogP contribution >= 0.6 is 58.4 Å². The van der Waals surface area contributed by atoms with E-state index in [0.29, 0.717) is 9.20 Å². The number of aryl methyl sites for hydroxylation is 1. The SMILES string of the molecule is CCc1cc2c(s1)N(CCC(=O)O)C(=CC=c1s/c(=C3\SC(=S)N(CC(=O)O)C3=O)n(CCNC(C)=O)c1=O)S2. The summed E-state index contributed by atoms with van der Waals surface area (Å²) in [7, 11) is 0. The van der Waals surface area contributed by atoms with E-state index >= 15 is 0 Å². The van der Waals surface area contributed by atoms with Crippen molar-refractivity contribution in [3.63, 3.8) is 0 Å². The van der Waals surface area contributed by atoms with Crippen molar-refractivity contribution >= 4 is 102 Å². The molecular formula is C24H24N4O7S5. The molecule has 0 unspecified atom stereocenters. The molecule has 212 valence electrons. The van der Waals surface area contributed by atoms with E-state index in [1.807, 2.05) is 4.90 Å². The number of thiocarbonyl (C=S) groups is 1. The smallest absolute Gasteiger partial charge is 0.323 e. The number of carboxylic acids is 2. The van der Waals surface area contributed by atoms with Crippen molar-refractivity contribution in [1.29, 1.82) is 0 Å². The molecule has 0 spiro atoms. The van der Waals surface area contributed by atoms with Gasteiger partial charge in [-0.05, 0) is 24.6 Å². The van der Waals surface area contributed by atoms with E-state index in [9.17, 15) is 29.1 Å². The Morgan fingerprint density at radius 1 is 1.05 bits per heavy atom. The highest BCUT2D eigenvalue weighted by molar-refractivity contribution is 8.30. The molecule has 0 bridgehead atoms. The molecule has 1 fully saturated rings. The molecular weight excluding hydrogens is 617 g/mol. The molecule has 4 heterocycles. The van der Waals surface area contributed by atoms with Crippen molar-refractivity contribution < 1.29 is 29.4 Å². The van der Waals surface area contributed by atoms with Crippen LogP contribution in [0, 0.1) is 0 Å². The van der Waals surface area contributed by atoms with Crippen LogP contribution in [-0.2, 0) is 32.1 Å². The van der Waals surface area contributed by atoms with Crippen molar-refractivity contribution in [3.05, 3.63) is 41.6 Å². The maximum Gasteiger partial charge on any atom is 0.323 e. The topological polar surface area (TPSA) is 149 Å². The van der Waals surface area contributed by atoms with Crippen LogP contribution in [0.25, 0.3) is 11.0 Å². The minimum absolute atomic E-state index is 0.0553. The molecule has 4 rings (SSSR count). The number of carboxylic acid groups (broad SMARTS) is 2. The lowest BCUT2D eigenvalue weighted by molar-refractivity contribution is -0.140. The number of fused-ring (bicyclic) bond motifs is 1. The zero-order valence-corrected chi connectivity index (χ0v) is 25.4. The second-order valence-electron chi connectivity index (χ2n) is 8.50. The van der Waals surface area contributed by atoms with Crippen molar-refractivity contribution in [1.82, 2.24) is 14.8 Å². The Hall–Kier alpha value is -2.92. The summed E-state index contributed by atoms with van der Waals surface area (Å²) < 4.78 is 2.10. The van der Waals surface area contributed by atoms with Crippen LogP contribution in [0.1, 0.15) is 25.1 Å². The highest BCUT2D eigenvalue weighted by Gasteiger charge is 2.35. The Balaban J connectivity index is 1.78. The number of aliphatic carboxylic acids is 2. The first-order valence-electron chi connectivity index (χ1n) is 12.0. The number of anilines is 1. The quantitative estimate of drug-likeness (QED) is 0.324. The maximum atomic E-state index is 13.5. The van der Waals surface area contributed by atoms with E-state index in [1.54, 1.807) is 23.5 Å². The summed E-state index contributed by atoms with van der Waals surface area (Å²) in [5.41, 5.74) is -0.381. The Morgan fingerprint density at radius 2 is 1.80 bits per heavy atom. The third kappa shape index (κ3) is 6.52. The zero-order chi connectivity index (χ0) is 29.1. The second kappa shape index (κ2) is 12.7. The second-order valence-corrected chi connectivity index (χ2v) is 13.4. The first-order valence-corrected chi connectivity index (χ1v) is 15.6. The van der Waals surface area contributed by atoms with Crippen LogP contribution in [0.15, 0.2) is 26.9 Å². The maximum absolute atomic E-state index is 13.5. The number of carbonyl (C=O) groups is 4. The predicted molar refractivity (Wildman–Crippen MR) is 161 cm³/mol. The highest BCUT2D eigenvalue weighted by Crippen LogP contribution is 2.50. The van der Waals surface area contributed by atoms with Gasteiger partial charge in [0.2, 0.25) is 5.91 Å². The first-order chi connectivity index (χ1) is 19.0. The van der Waals surface area contributed by atoms with Crippen LogP contribution in [0.4, 0.5) is 5.00 Å². The summed E-state index contributed by atoms with van der Waals surface area (Å²) in [6.45, 7) is 3.33. The van der Waals surface area contributed by atoms with Crippen LogP contribution in [0.5, 0.6) is 0 Å². The van der Waals surface area contributed by atoms with E-state index in [-0.39, 0.29) is 46.7 Å². The molecule has 0 radical (unpaired) electrons. The lowest BCUT2D eigenvalue weighted by Crippen LogP contribution is -2.37. The normalized spacial score (nSPS) is 17.8. The van der Waals surface area contributed by atoms with Crippen LogP contribution in [-0.4, -0.2) is 67.4 Å². The molecule has 40 heavy (non-hydrogen) atoms. The van der Waals surface area contributed by atoms with Crippen LogP contribution in [0.2, 0.25) is 0 Å². The monoisotopic (exact) mass is 640 g/mol. The summed E-state index contributed by atoms with van der Waals surface area (Å²) in [6.07, 6.45) is 4.21. The Kier molecular flexibility index (Phi) is 9.56. The fourth-order valence-electron chi connectivity index (χ4n) is 3.85. The average molecular weight is 641 g/mol. The van der Waals surface area contributed by atoms with Gasteiger partial charge < -0.3 is 20.4 Å². The highest BCUT2D eigenvalue weighted by atomic mass is 32.2. The van der Waals surface area contributed by atoms with E-state index in [1.165, 1.54) is 28.1 Å². The van der Waals surface area contributed by atoms with Crippen LogP contribution < -0.4 is 25.0 Å². The lowest BCUT2D eigenvalue weighted by Gasteiger charge is -2.18. The molecule has 3 N–H and O–H groups in total. The molecule has 2 aliphatic heterocycles. The van der Waals surface area contributed by atoms with Crippen molar-refractivity contribution in [3.8, 4) is 0 Å². The summed E-state index contributed by atoms with van der Waals surface area (Å²) in [6, 6.07) is 2.09. The number of hydrogen-bond acceptors (Lipinski definition) is 11. The Bertz CT molecular complexity index is 1620. The molecule has 0 saturated carbocycles. The average Bonchev–Trinajstić information content (AvgIpc) is 3.59. The number of nitrogens with zero attached hydrogens (tertiary/aromatic N) is 3. The summed E-state index contributed by atoms with van der Waals surface area (Å²) in [4.78, 5) is 65.7. The van der Waals surface area contributed by atoms with Gasteiger partial charge in [-0.25, -0.2) is 0 Å². The number of amides is 2. The summed E-state index contributed by atoms with van der Waals surface area (Å²) in [5, 5.41) is 22.8. The fourth-order valence-corrected chi connectivity index (χ4v) is 8.80. The molecule has 1 saturated heterocycles. The Labute approximate surface area is 249 Å². The van der Waals surface area contributed by atoms with Gasteiger partial charge in [0.15, 0.2) is 0 Å². The van der Waals surface area contributed by atoms with Crippen molar-refractivity contribution in [2.45, 2.75) is 38.1 Å². The number of nitrogens with one attached hydrogen (secondary N) is 1. The van der Waals surface area contributed by atoms with Crippen molar-refractivity contribution in [2.75, 3.05) is 24.5 Å². The molecule has 11 nitrogen and oxygen atoms in total. The Morgan fingerprint density at radius 3 is 2.45 bits per heavy atom. The first kappa shape index (κ1) is 30.0. The van der Waals surface area contributed by atoms with Gasteiger partial charge in [0, 0.05) is 36.3 Å². The van der Waals surface area contributed by atoms with Crippen LogP contribution in [0.3, 0.4) is 0 Å². The minimum Gasteiger partial charge on any atom is -0.481 e. The largest absolute Gasteiger partial charge is 0.481 e. The van der Waals surface area contributed by atoms with Crippen molar-refractivity contribution in [2.24, 2.45) is 0 Å². The number of rotatable bonds is 10. The third-order valence-corrected chi connectivity index (χ3v) is 10.9. The van der Waals surface area contributed by atoms with Gasteiger partial charge in [-0.2, -0.15) is 0 Å². The predicted octanol–water partition coefficient (Wildman–Crippen LogP) is 1.43.